The van der Waals surface area contributed by atoms with Gasteiger partial charge in [-0.3, -0.25) is 4.79 Å². The van der Waals surface area contributed by atoms with Gasteiger partial charge < -0.3 is 29.4 Å². The van der Waals surface area contributed by atoms with Crippen molar-refractivity contribution in [2.24, 2.45) is 0 Å². The average Bonchev–Trinajstić information content (AvgIpc) is 2.84. The molecule has 0 bridgehead atoms. The van der Waals surface area contributed by atoms with E-state index in [1.807, 2.05) is 12.1 Å². The number of esters is 1. The van der Waals surface area contributed by atoms with Crippen LogP contribution in [0.2, 0.25) is 5.02 Å². The van der Waals surface area contributed by atoms with Crippen molar-refractivity contribution in [2.75, 3.05) is 26.1 Å². The molecule has 0 spiro atoms. The second-order valence-corrected chi connectivity index (χ2v) is 6.90. The lowest BCUT2D eigenvalue weighted by molar-refractivity contribution is -0.150. The number of anilines is 1. The number of fused-ring (bicyclic) bond motifs is 1. The summed E-state index contributed by atoms with van der Waals surface area (Å²) in [6.45, 7) is 1.97. The van der Waals surface area contributed by atoms with E-state index in [9.17, 15) is 9.90 Å². The van der Waals surface area contributed by atoms with Gasteiger partial charge in [0, 0.05) is 21.8 Å². The van der Waals surface area contributed by atoms with Crippen LogP contribution < -0.4 is 14.8 Å². The number of carbonyl (C=O) groups is 1. The minimum atomic E-state index is -1.12. The van der Waals surface area contributed by atoms with Crippen molar-refractivity contribution in [3.8, 4) is 11.5 Å². The third-order valence-electron chi connectivity index (χ3n) is 4.65. The molecule has 1 aliphatic heterocycles. The summed E-state index contributed by atoms with van der Waals surface area (Å²) < 4.78 is 22.3. The summed E-state index contributed by atoms with van der Waals surface area (Å²) in [5, 5.41) is 14.2. The van der Waals surface area contributed by atoms with Crippen molar-refractivity contribution in [1.29, 1.82) is 0 Å². The van der Waals surface area contributed by atoms with Crippen LogP contribution in [0.5, 0.6) is 11.5 Å². The Bertz CT molecular complexity index is 874. The molecule has 8 heteroatoms. The predicted molar refractivity (Wildman–Crippen MR) is 109 cm³/mol. The molecular weight excluding hydrogens is 398 g/mol. The number of rotatable bonds is 6. The maximum atomic E-state index is 12.1. The number of halogens is 1. The molecule has 1 aliphatic rings. The third kappa shape index (κ3) is 4.58. The number of aliphatic hydroxyl groups excluding tert-OH is 1. The number of benzene rings is 2. The zero-order chi connectivity index (χ0) is 21.0. The molecule has 3 atom stereocenters. The van der Waals surface area contributed by atoms with Crippen LogP contribution in [0.25, 0.3) is 0 Å². The molecule has 2 N–H and O–H groups in total. The lowest BCUT2D eigenvalue weighted by Crippen LogP contribution is -2.36. The van der Waals surface area contributed by atoms with Gasteiger partial charge in [0.05, 0.1) is 27.2 Å². The normalized spacial score (nSPS) is 20.8. The molecule has 2 aromatic carbocycles. The fourth-order valence-corrected chi connectivity index (χ4v) is 3.54. The van der Waals surface area contributed by atoms with E-state index in [0.29, 0.717) is 33.3 Å². The van der Waals surface area contributed by atoms with Crippen LogP contribution in [0.4, 0.5) is 5.69 Å². The fraction of sp³-hybridized carbons (Fsp3) is 0.381. The number of carbonyl (C=O) groups excluding carboxylic acids is 1. The standard InChI is InChI=1S/C21H24ClNO6/c1-4-28-18(24)11-17-21(25)23-15-9-8-12(22)10-14(15)19(29-17)13-6-5-7-16(26-2)20(13)27-3/h5-10,17,19,21,23,25H,4,11H2,1-3H3/t17-,19-,21?/m1/s1. The number of methoxy groups -OCH3 is 2. The van der Waals surface area contributed by atoms with E-state index in [1.54, 1.807) is 45.4 Å². The third-order valence-corrected chi connectivity index (χ3v) is 4.89. The van der Waals surface area contributed by atoms with Crippen LogP contribution in [0, 0.1) is 0 Å². The molecule has 3 rings (SSSR count). The SMILES string of the molecule is CCOC(=O)C[C@H]1O[C@H](c2cccc(OC)c2OC)c2cc(Cl)ccc2NC1O. The zero-order valence-corrected chi connectivity index (χ0v) is 17.2. The van der Waals surface area contributed by atoms with Gasteiger partial charge in [-0.2, -0.15) is 0 Å². The van der Waals surface area contributed by atoms with Crippen molar-refractivity contribution < 1.29 is 28.8 Å². The molecule has 0 fully saturated rings. The van der Waals surface area contributed by atoms with Gasteiger partial charge in [-0.15, -0.1) is 0 Å². The van der Waals surface area contributed by atoms with Gasteiger partial charge in [0.15, 0.2) is 17.7 Å². The maximum absolute atomic E-state index is 12.1. The average molecular weight is 422 g/mol. The second kappa shape index (κ2) is 9.35. The highest BCUT2D eigenvalue weighted by molar-refractivity contribution is 6.30. The molecule has 0 saturated carbocycles. The summed E-state index contributed by atoms with van der Waals surface area (Å²) >= 11 is 6.24. The molecule has 1 unspecified atom stereocenters. The monoisotopic (exact) mass is 421 g/mol. The highest BCUT2D eigenvalue weighted by Crippen LogP contribution is 2.44. The maximum Gasteiger partial charge on any atom is 0.308 e. The zero-order valence-electron chi connectivity index (χ0n) is 16.5. The largest absolute Gasteiger partial charge is 0.493 e. The van der Waals surface area contributed by atoms with Crippen molar-refractivity contribution in [3.05, 3.63) is 52.5 Å². The van der Waals surface area contributed by atoms with E-state index < -0.39 is 24.4 Å². The molecule has 0 radical (unpaired) electrons. The molecule has 1 heterocycles. The first-order chi connectivity index (χ1) is 14.0. The van der Waals surface area contributed by atoms with E-state index in [-0.39, 0.29) is 13.0 Å². The van der Waals surface area contributed by atoms with Crippen LogP contribution >= 0.6 is 11.6 Å². The van der Waals surface area contributed by atoms with Crippen molar-refractivity contribution in [3.63, 3.8) is 0 Å². The van der Waals surface area contributed by atoms with Crippen molar-refractivity contribution >= 4 is 23.3 Å². The summed E-state index contributed by atoms with van der Waals surface area (Å²) in [5.41, 5.74) is 2.03. The highest BCUT2D eigenvalue weighted by atomic mass is 35.5. The highest BCUT2D eigenvalue weighted by Gasteiger charge is 2.35. The number of hydrogen-bond donors (Lipinski definition) is 2. The van der Waals surface area contributed by atoms with Gasteiger partial charge in [-0.25, -0.2) is 0 Å². The first kappa shape index (κ1) is 21.2. The number of aliphatic hydroxyl groups is 1. The summed E-state index contributed by atoms with van der Waals surface area (Å²) in [5.74, 6) is 0.577. The van der Waals surface area contributed by atoms with Crippen molar-refractivity contribution in [2.45, 2.75) is 31.8 Å². The number of nitrogens with one attached hydrogen (secondary N) is 1. The lowest BCUT2D eigenvalue weighted by Gasteiger charge is -2.26. The summed E-state index contributed by atoms with van der Waals surface area (Å²) in [6, 6.07) is 10.7. The molecule has 2 aromatic rings. The molecule has 0 aromatic heterocycles. The predicted octanol–water partition coefficient (Wildman–Crippen LogP) is 3.53. The Morgan fingerprint density at radius 3 is 2.69 bits per heavy atom. The Hall–Kier alpha value is -2.48. The molecule has 0 aliphatic carbocycles. The Labute approximate surface area is 174 Å². The van der Waals surface area contributed by atoms with Crippen LogP contribution in [-0.2, 0) is 14.3 Å². The lowest BCUT2D eigenvalue weighted by atomic mass is 9.98. The Morgan fingerprint density at radius 2 is 2.00 bits per heavy atom. The Kier molecular flexibility index (Phi) is 6.84. The molecule has 0 saturated heterocycles. The summed E-state index contributed by atoms with van der Waals surface area (Å²) in [7, 11) is 3.09. The Morgan fingerprint density at radius 1 is 1.21 bits per heavy atom. The molecule has 29 heavy (non-hydrogen) atoms. The number of ether oxygens (including phenoxy) is 4. The van der Waals surface area contributed by atoms with Gasteiger partial charge in [0.1, 0.15) is 12.2 Å². The number of hydrogen-bond acceptors (Lipinski definition) is 7. The van der Waals surface area contributed by atoms with Gasteiger partial charge in [-0.1, -0.05) is 23.7 Å². The van der Waals surface area contributed by atoms with E-state index >= 15 is 0 Å². The van der Waals surface area contributed by atoms with E-state index in [0.717, 1.165) is 0 Å². The quantitative estimate of drug-likeness (QED) is 0.690. The topological polar surface area (TPSA) is 86.3 Å². The summed E-state index contributed by atoms with van der Waals surface area (Å²) in [6.07, 6.45) is -2.77. The van der Waals surface area contributed by atoms with E-state index in [2.05, 4.69) is 5.32 Å². The van der Waals surface area contributed by atoms with Gasteiger partial charge in [-0.05, 0) is 31.2 Å². The molecule has 156 valence electrons. The molecule has 0 amide bonds. The fourth-order valence-electron chi connectivity index (χ4n) is 3.36. The smallest absolute Gasteiger partial charge is 0.308 e. The van der Waals surface area contributed by atoms with Gasteiger partial charge in [0.25, 0.3) is 0 Å². The first-order valence-corrected chi connectivity index (χ1v) is 9.62. The minimum Gasteiger partial charge on any atom is -0.493 e. The van der Waals surface area contributed by atoms with Crippen LogP contribution in [0.1, 0.15) is 30.6 Å². The van der Waals surface area contributed by atoms with E-state index in [1.165, 1.54) is 0 Å². The second-order valence-electron chi connectivity index (χ2n) is 6.47. The van der Waals surface area contributed by atoms with Gasteiger partial charge in [0.2, 0.25) is 0 Å². The van der Waals surface area contributed by atoms with E-state index in [4.69, 9.17) is 30.5 Å². The minimum absolute atomic E-state index is 0.119. The molecular formula is C21H24ClNO6. The van der Waals surface area contributed by atoms with Crippen LogP contribution in [-0.4, -0.2) is 44.2 Å². The van der Waals surface area contributed by atoms with Crippen molar-refractivity contribution in [1.82, 2.24) is 0 Å². The first-order valence-electron chi connectivity index (χ1n) is 9.24. The summed E-state index contributed by atoms with van der Waals surface area (Å²) in [4.78, 5) is 12.1. The Balaban J connectivity index is 2.09. The van der Waals surface area contributed by atoms with Crippen LogP contribution in [0.3, 0.4) is 0 Å². The van der Waals surface area contributed by atoms with Gasteiger partial charge >= 0.3 is 5.97 Å². The molecule has 7 nitrogen and oxygen atoms in total. The van der Waals surface area contributed by atoms with Crippen LogP contribution in [0.15, 0.2) is 36.4 Å². The number of para-hydroxylation sites is 1.